The van der Waals surface area contributed by atoms with Gasteiger partial charge >= 0.3 is 0 Å². The quantitative estimate of drug-likeness (QED) is 0.412. The van der Waals surface area contributed by atoms with Crippen LogP contribution in [-0.2, 0) is 7.05 Å². The molecule has 1 aliphatic rings. The smallest absolute Gasteiger partial charge is 0.252 e. The SMILES string of the molecule is COc1nn(C)c2ccc(Nc3nc(N[C@@H](CN)CC4CC4)c(F)cc3C(N)=O)cc12. The van der Waals surface area contributed by atoms with Crippen molar-refractivity contribution in [1.82, 2.24) is 14.8 Å². The van der Waals surface area contributed by atoms with Crippen molar-refractivity contribution in [2.24, 2.45) is 24.4 Å². The number of aromatic nitrogens is 3. The molecular formula is C21H26FN7O2. The normalized spacial score (nSPS) is 14.5. The van der Waals surface area contributed by atoms with E-state index in [9.17, 15) is 9.18 Å². The molecule has 2 aromatic heterocycles. The minimum Gasteiger partial charge on any atom is -0.479 e. The van der Waals surface area contributed by atoms with Crippen LogP contribution in [0.15, 0.2) is 24.3 Å². The minimum atomic E-state index is -0.783. The van der Waals surface area contributed by atoms with Crippen molar-refractivity contribution < 1.29 is 13.9 Å². The number of rotatable bonds is 9. The maximum absolute atomic E-state index is 14.7. The number of anilines is 3. The van der Waals surface area contributed by atoms with Gasteiger partial charge in [0.15, 0.2) is 11.6 Å². The van der Waals surface area contributed by atoms with E-state index in [1.807, 2.05) is 25.2 Å². The van der Waals surface area contributed by atoms with Crippen LogP contribution in [0.25, 0.3) is 10.9 Å². The highest BCUT2D eigenvalue weighted by Crippen LogP contribution is 2.34. The number of primary amides is 1. The summed E-state index contributed by atoms with van der Waals surface area (Å²) in [5.74, 6) is -0.166. The third-order valence-electron chi connectivity index (χ3n) is 5.45. The predicted molar refractivity (Wildman–Crippen MR) is 117 cm³/mol. The molecule has 3 aromatic rings. The highest BCUT2D eigenvalue weighted by atomic mass is 19.1. The first-order valence-corrected chi connectivity index (χ1v) is 10.1. The number of hydrogen-bond acceptors (Lipinski definition) is 7. The number of ether oxygens (including phenoxy) is 1. The van der Waals surface area contributed by atoms with Crippen LogP contribution in [0.1, 0.15) is 29.6 Å². The van der Waals surface area contributed by atoms with E-state index in [1.165, 1.54) is 12.8 Å². The minimum absolute atomic E-state index is 0.0311. The van der Waals surface area contributed by atoms with Crippen LogP contribution >= 0.6 is 0 Å². The van der Waals surface area contributed by atoms with E-state index in [2.05, 4.69) is 20.7 Å². The molecule has 2 heterocycles. The van der Waals surface area contributed by atoms with E-state index in [-0.39, 0.29) is 23.2 Å². The number of methoxy groups -OCH3 is 1. The Labute approximate surface area is 178 Å². The molecule has 10 heteroatoms. The van der Waals surface area contributed by atoms with Crippen molar-refractivity contribution in [1.29, 1.82) is 0 Å². The molecule has 1 saturated carbocycles. The first kappa shape index (κ1) is 20.9. The lowest BCUT2D eigenvalue weighted by molar-refractivity contribution is 0.100. The molecule has 164 valence electrons. The number of hydrogen-bond donors (Lipinski definition) is 4. The first-order chi connectivity index (χ1) is 14.9. The number of amides is 1. The van der Waals surface area contributed by atoms with Gasteiger partial charge in [0.2, 0.25) is 5.88 Å². The highest BCUT2D eigenvalue weighted by molar-refractivity contribution is 5.99. The summed E-state index contributed by atoms with van der Waals surface area (Å²) < 4.78 is 21.7. The van der Waals surface area contributed by atoms with Gasteiger partial charge in [-0.15, -0.1) is 5.10 Å². The molecular weight excluding hydrogens is 401 g/mol. The van der Waals surface area contributed by atoms with Gasteiger partial charge in [-0.2, -0.15) is 0 Å². The molecule has 0 saturated heterocycles. The molecule has 4 rings (SSSR count). The lowest BCUT2D eigenvalue weighted by Gasteiger charge is -2.19. The number of halogens is 1. The maximum Gasteiger partial charge on any atom is 0.252 e. The number of fused-ring (bicyclic) bond motifs is 1. The van der Waals surface area contributed by atoms with E-state index >= 15 is 0 Å². The van der Waals surface area contributed by atoms with Gasteiger partial charge in [-0.3, -0.25) is 9.48 Å². The van der Waals surface area contributed by atoms with Gasteiger partial charge in [0.25, 0.3) is 5.91 Å². The fraction of sp³-hybridized carbons (Fsp3) is 0.381. The number of nitrogens with one attached hydrogen (secondary N) is 2. The Morgan fingerprint density at radius 1 is 1.35 bits per heavy atom. The average Bonchev–Trinajstić information content (AvgIpc) is 3.51. The zero-order valence-corrected chi connectivity index (χ0v) is 17.5. The molecule has 0 bridgehead atoms. The summed E-state index contributed by atoms with van der Waals surface area (Å²) in [5, 5.41) is 11.2. The average molecular weight is 427 g/mol. The Balaban J connectivity index is 1.67. The number of pyridine rings is 1. The lowest BCUT2D eigenvalue weighted by Crippen LogP contribution is -2.30. The molecule has 0 spiro atoms. The van der Waals surface area contributed by atoms with Crippen LogP contribution in [0.3, 0.4) is 0 Å². The zero-order chi connectivity index (χ0) is 22.1. The van der Waals surface area contributed by atoms with Gasteiger partial charge in [0.1, 0.15) is 5.82 Å². The molecule has 1 fully saturated rings. The van der Waals surface area contributed by atoms with E-state index in [1.54, 1.807) is 11.8 Å². The van der Waals surface area contributed by atoms with E-state index in [0.29, 0.717) is 24.0 Å². The van der Waals surface area contributed by atoms with Crippen LogP contribution in [0.4, 0.5) is 21.7 Å². The summed E-state index contributed by atoms with van der Waals surface area (Å²) in [6.45, 7) is 0.357. The second-order valence-corrected chi connectivity index (χ2v) is 7.83. The summed E-state index contributed by atoms with van der Waals surface area (Å²) in [6.07, 6.45) is 3.19. The lowest BCUT2D eigenvalue weighted by atomic mass is 10.1. The topological polar surface area (TPSA) is 133 Å². The Kier molecular flexibility index (Phi) is 5.64. The molecule has 1 aliphatic carbocycles. The Morgan fingerprint density at radius 2 is 2.13 bits per heavy atom. The largest absolute Gasteiger partial charge is 0.479 e. The van der Waals surface area contributed by atoms with Crippen LogP contribution in [0, 0.1) is 11.7 Å². The van der Waals surface area contributed by atoms with Crippen molar-refractivity contribution in [3.05, 3.63) is 35.6 Å². The third kappa shape index (κ3) is 4.38. The van der Waals surface area contributed by atoms with Gasteiger partial charge in [-0.1, -0.05) is 12.8 Å². The van der Waals surface area contributed by atoms with Gasteiger partial charge in [-0.05, 0) is 36.6 Å². The molecule has 6 N–H and O–H groups in total. The highest BCUT2D eigenvalue weighted by Gasteiger charge is 2.26. The van der Waals surface area contributed by atoms with Crippen molar-refractivity contribution in [3.63, 3.8) is 0 Å². The fourth-order valence-corrected chi connectivity index (χ4v) is 3.64. The molecule has 0 aliphatic heterocycles. The Hall–Kier alpha value is -3.40. The monoisotopic (exact) mass is 427 g/mol. The molecule has 1 amide bonds. The predicted octanol–water partition coefficient (Wildman–Crippen LogP) is 2.50. The van der Waals surface area contributed by atoms with Crippen molar-refractivity contribution in [3.8, 4) is 5.88 Å². The number of nitrogens with two attached hydrogens (primary N) is 2. The number of nitrogens with zero attached hydrogens (tertiary/aromatic N) is 3. The van der Waals surface area contributed by atoms with Crippen LogP contribution in [0.5, 0.6) is 5.88 Å². The fourth-order valence-electron chi connectivity index (χ4n) is 3.64. The Morgan fingerprint density at radius 3 is 2.77 bits per heavy atom. The summed E-state index contributed by atoms with van der Waals surface area (Å²) in [7, 11) is 3.36. The van der Waals surface area contributed by atoms with Crippen LogP contribution < -0.4 is 26.8 Å². The summed E-state index contributed by atoms with van der Waals surface area (Å²) in [5.41, 5.74) is 12.8. The molecule has 31 heavy (non-hydrogen) atoms. The summed E-state index contributed by atoms with van der Waals surface area (Å²) in [6, 6.07) is 6.48. The molecule has 1 aromatic carbocycles. The van der Waals surface area contributed by atoms with Crippen molar-refractivity contribution in [2.45, 2.75) is 25.3 Å². The number of aryl methyl sites for hydroxylation is 1. The number of benzene rings is 1. The van der Waals surface area contributed by atoms with Gasteiger partial charge in [-0.25, -0.2) is 9.37 Å². The van der Waals surface area contributed by atoms with Crippen LogP contribution in [-0.4, -0.2) is 40.4 Å². The van der Waals surface area contributed by atoms with E-state index in [4.69, 9.17) is 16.2 Å². The van der Waals surface area contributed by atoms with Gasteiger partial charge in [0.05, 0.1) is 23.6 Å². The second kappa shape index (κ2) is 8.38. The number of carbonyl (C=O) groups excluding carboxylic acids is 1. The van der Waals surface area contributed by atoms with Gasteiger partial charge < -0.3 is 26.8 Å². The molecule has 0 unspecified atom stereocenters. The van der Waals surface area contributed by atoms with Crippen LogP contribution in [0.2, 0.25) is 0 Å². The second-order valence-electron chi connectivity index (χ2n) is 7.83. The van der Waals surface area contributed by atoms with Crippen molar-refractivity contribution in [2.75, 3.05) is 24.3 Å². The Bertz CT molecular complexity index is 1130. The molecule has 9 nitrogen and oxygen atoms in total. The van der Waals surface area contributed by atoms with E-state index in [0.717, 1.165) is 23.4 Å². The summed E-state index contributed by atoms with van der Waals surface area (Å²) >= 11 is 0. The zero-order valence-electron chi connectivity index (χ0n) is 17.5. The first-order valence-electron chi connectivity index (χ1n) is 10.1. The molecule has 1 atom stereocenters. The van der Waals surface area contributed by atoms with Crippen molar-refractivity contribution >= 4 is 34.1 Å². The maximum atomic E-state index is 14.7. The molecule has 0 radical (unpaired) electrons. The number of carbonyl (C=O) groups is 1. The summed E-state index contributed by atoms with van der Waals surface area (Å²) in [4.78, 5) is 16.3. The van der Waals surface area contributed by atoms with Gasteiger partial charge in [0, 0.05) is 25.3 Å². The third-order valence-corrected chi connectivity index (χ3v) is 5.45. The standard InChI is InChI=1S/C21H26FN7O2/c1-29-17-6-5-12(8-14(17)21(28-29)31-2)25-19-15(18(24)30)9-16(22)20(27-19)26-13(10-23)7-11-3-4-11/h5-6,8-9,11,13H,3-4,7,10,23H2,1-2H3,(H2,24,30)(H2,25,26,27)/t13-/m1/s1. The van der Waals surface area contributed by atoms with E-state index < -0.39 is 11.7 Å².